The maximum Gasteiger partial charge on any atom is 0.433 e. The number of phenols is 2. The van der Waals surface area contributed by atoms with E-state index in [1.807, 2.05) is 0 Å². The Balaban J connectivity index is 1.73. The van der Waals surface area contributed by atoms with Crippen LogP contribution < -0.4 is 22.1 Å². The minimum absolute atomic E-state index is 0.0291. The van der Waals surface area contributed by atoms with E-state index in [0.29, 0.717) is 41.7 Å². The number of anilines is 4. The minimum Gasteiger partial charge on any atom is -0.506 e. The lowest BCUT2D eigenvalue weighted by molar-refractivity contribution is -0.314. The van der Waals surface area contributed by atoms with Crippen molar-refractivity contribution >= 4 is 34.6 Å². The van der Waals surface area contributed by atoms with Gasteiger partial charge in [0.1, 0.15) is 11.5 Å². The van der Waals surface area contributed by atoms with E-state index < -0.39 is 63.6 Å². The van der Waals surface area contributed by atoms with Gasteiger partial charge in [-0.25, -0.2) is 4.39 Å². The van der Waals surface area contributed by atoms with Crippen molar-refractivity contribution in [2.24, 2.45) is 0 Å². The van der Waals surface area contributed by atoms with Crippen molar-refractivity contribution in [2.45, 2.75) is 17.8 Å². The number of nitrogens with two attached hydrogens (primary N) is 2. The molecule has 14 heteroatoms. The smallest absolute Gasteiger partial charge is 0.433 e. The summed E-state index contributed by atoms with van der Waals surface area (Å²) in [5.41, 5.74) is 1.44. The number of hydrogen-bond donors (Lipinski definition) is 6. The molecule has 0 aromatic heterocycles. The van der Waals surface area contributed by atoms with Crippen LogP contribution in [0.15, 0.2) is 84.9 Å². The van der Waals surface area contributed by atoms with E-state index in [-0.39, 0.29) is 17.2 Å². The van der Waals surface area contributed by atoms with Crippen molar-refractivity contribution in [3.63, 3.8) is 0 Å². The molecule has 0 radical (unpaired) electrons. The van der Waals surface area contributed by atoms with E-state index in [2.05, 4.69) is 10.6 Å². The van der Waals surface area contributed by atoms with E-state index in [4.69, 9.17) is 11.5 Å². The average molecular weight is 605 g/mol. The van der Waals surface area contributed by atoms with E-state index in [0.717, 1.165) is 0 Å². The first-order valence-electron chi connectivity index (χ1n) is 12.2. The Morgan fingerprint density at radius 2 is 0.953 bits per heavy atom. The number of aromatic hydroxyl groups is 2. The van der Waals surface area contributed by atoms with Crippen molar-refractivity contribution in [3.05, 3.63) is 107 Å². The average Bonchev–Trinajstić information content (AvgIpc) is 2.94. The first-order chi connectivity index (χ1) is 20.0. The lowest BCUT2D eigenvalue weighted by Crippen LogP contribution is -2.51. The number of nitrogens with one attached hydrogen (secondary N) is 2. The largest absolute Gasteiger partial charge is 0.506 e. The number of alkyl halides is 6. The number of halogens is 6. The molecule has 4 rings (SSSR count). The number of phenolic OH excluding ortho intramolecular Hbond substituents is 2. The minimum atomic E-state index is -6.25. The first-order valence-corrected chi connectivity index (χ1v) is 12.2. The normalized spacial score (nSPS) is 13.2. The summed E-state index contributed by atoms with van der Waals surface area (Å²) < 4.78 is 90.3. The molecule has 1 atom stereocenters. The van der Waals surface area contributed by atoms with Crippen LogP contribution in [-0.4, -0.2) is 28.2 Å². The Bertz CT molecular complexity index is 1680. The molecule has 224 valence electrons. The molecular formula is C29H22F6N4O4. The Labute approximate surface area is 239 Å². The molecule has 2 amide bonds. The quantitative estimate of drug-likeness (QED) is 0.0830. The summed E-state index contributed by atoms with van der Waals surface area (Å²) in [6.07, 6.45) is -6.25. The molecule has 43 heavy (non-hydrogen) atoms. The third-order valence-corrected chi connectivity index (χ3v) is 6.42. The fourth-order valence-electron chi connectivity index (χ4n) is 4.06. The molecule has 8 N–H and O–H groups in total. The van der Waals surface area contributed by atoms with Crippen molar-refractivity contribution in [1.82, 2.24) is 0 Å². The zero-order valence-electron chi connectivity index (χ0n) is 21.7. The third-order valence-electron chi connectivity index (χ3n) is 6.42. The summed E-state index contributed by atoms with van der Waals surface area (Å²) in [6.45, 7) is 0. The van der Waals surface area contributed by atoms with Crippen LogP contribution in [0, 0.1) is 0 Å². The SMILES string of the molecule is Nc1ccc(C(=O)Nc2cc(C(F)(F)C(F)(c3ccc(O)c(NC(=O)c4ccc(N)cc4)c3)C(F)(F)F)ccc2O)cc1. The van der Waals surface area contributed by atoms with Gasteiger partial charge >= 0.3 is 12.1 Å². The zero-order valence-corrected chi connectivity index (χ0v) is 21.7. The number of rotatable bonds is 7. The first kappa shape index (κ1) is 30.6. The van der Waals surface area contributed by atoms with Crippen LogP contribution in [-0.2, 0) is 11.6 Å². The van der Waals surface area contributed by atoms with Gasteiger partial charge in [-0.2, -0.15) is 22.0 Å². The van der Waals surface area contributed by atoms with E-state index in [1.54, 1.807) is 0 Å². The molecule has 1 unspecified atom stereocenters. The zero-order chi connectivity index (χ0) is 31.7. The van der Waals surface area contributed by atoms with Gasteiger partial charge in [0.05, 0.1) is 11.4 Å². The highest BCUT2D eigenvalue weighted by molar-refractivity contribution is 6.06. The molecule has 0 aliphatic carbocycles. The van der Waals surface area contributed by atoms with Crippen LogP contribution in [0.5, 0.6) is 11.5 Å². The van der Waals surface area contributed by atoms with Crippen LogP contribution in [0.25, 0.3) is 0 Å². The van der Waals surface area contributed by atoms with Crippen LogP contribution in [0.1, 0.15) is 31.8 Å². The van der Waals surface area contributed by atoms with Gasteiger partial charge in [-0.05, 0) is 78.9 Å². The van der Waals surface area contributed by atoms with Crippen molar-refractivity contribution < 1.29 is 46.1 Å². The lowest BCUT2D eigenvalue weighted by Gasteiger charge is -2.36. The lowest BCUT2D eigenvalue weighted by atomic mass is 9.83. The number of carbonyl (C=O) groups excluding carboxylic acids is 2. The Hall–Kier alpha value is -5.40. The Morgan fingerprint density at radius 1 is 0.581 bits per heavy atom. The second-order valence-electron chi connectivity index (χ2n) is 9.35. The molecule has 0 aliphatic rings. The number of amides is 2. The van der Waals surface area contributed by atoms with E-state index >= 15 is 13.2 Å². The molecule has 0 saturated heterocycles. The van der Waals surface area contributed by atoms with Crippen molar-refractivity contribution in [3.8, 4) is 11.5 Å². The topological polar surface area (TPSA) is 151 Å². The number of benzene rings is 4. The Kier molecular flexibility index (Phi) is 7.90. The summed E-state index contributed by atoms with van der Waals surface area (Å²) in [5, 5.41) is 24.4. The highest BCUT2D eigenvalue weighted by Crippen LogP contribution is 2.58. The Morgan fingerprint density at radius 3 is 1.35 bits per heavy atom. The van der Waals surface area contributed by atoms with Crippen LogP contribution >= 0.6 is 0 Å². The molecule has 0 saturated carbocycles. The second kappa shape index (κ2) is 11.1. The van der Waals surface area contributed by atoms with Crippen molar-refractivity contribution in [1.29, 1.82) is 0 Å². The third kappa shape index (κ3) is 5.84. The summed E-state index contributed by atoms with van der Waals surface area (Å²) in [7, 11) is 0. The van der Waals surface area contributed by atoms with Gasteiger partial charge in [0.15, 0.2) is 0 Å². The maximum atomic E-state index is 16.1. The van der Waals surface area contributed by atoms with Gasteiger partial charge < -0.3 is 32.3 Å². The summed E-state index contributed by atoms with van der Waals surface area (Å²) in [5.74, 6) is -8.90. The number of hydrogen-bond acceptors (Lipinski definition) is 6. The van der Waals surface area contributed by atoms with Gasteiger partial charge in [-0.15, -0.1) is 0 Å². The highest BCUT2D eigenvalue weighted by atomic mass is 19.4. The predicted molar refractivity (Wildman–Crippen MR) is 147 cm³/mol. The predicted octanol–water partition coefficient (Wildman–Crippen LogP) is 6.29. The molecular weight excluding hydrogens is 582 g/mol. The maximum absolute atomic E-state index is 16.1. The summed E-state index contributed by atoms with van der Waals surface area (Å²) in [6, 6.07) is 12.7. The van der Waals surface area contributed by atoms with Crippen molar-refractivity contribution in [2.75, 3.05) is 22.1 Å². The van der Waals surface area contributed by atoms with Gasteiger partial charge in [-0.1, -0.05) is 6.07 Å². The molecule has 0 spiro atoms. The molecule has 0 bridgehead atoms. The van der Waals surface area contributed by atoms with E-state index in [1.165, 1.54) is 48.5 Å². The molecule has 4 aromatic rings. The molecule has 4 aromatic carbocycles. The number of nitrogen functional groups attached to an aromatic ring is 2. The molecule has 0 aliphatic heterocycles. The monoisotopic (exact) mass is 604 g/mol. The molecule has 0 fully saturated rings. The van der Waals surface area contributed by atoms with Crippen LogP contribution in [0.2, 0.25) is 0 Å². The summed E-state index contributed by atoms with van der Waals surface area (Å²) in [4.78, 5) is 25.1. The summed E-state index contributed by atoms with van der Waals surface area (Å²) >= 11 is 0. The van der Waals surface area contributed by atoms with Crippen LogP contribution in [0.4, 0.5) is 49.1 Å². The highest BCUT2D eigenvalue weighted by Gasteiger charge is 2.72. The fourth-order valence-corrected chi connectivity index (χ4v) is 4.06. The van der Waals surface area contributed by atoms with Gasteiger partial charge in [0.2, 0.25) is 0 Å². The fraction of sp³-hybridized carbons (Fsp3) is 0.103. The number of carbonyl (C=O) groups is 2. The molecule has 0 heterocycles. The van der Waals surface area contributed by atoms with E-state index in [9.17, 15) is 33.0 Å². The van der Waals surface area contributed by atoms with Gasteiger partial charge in [-0.3, -0.25) is 9.59 Å². The van der Waals surface area contributed by atoms with Crippen LogP contribution in [0.3, 0.4) is 0 Å². The van der Waals surface area contributed by atoms with Gasteiger partial charge in [0, 0.05) is 33.6 Å². The van der Waals surface area contributed by atoms with Gasteiger partial charge in [0.25, 0.3) is 17.5 Å². The second-order valence-corrected chi connectivity index (χ2v) is 9.35. The molecule has 8 nitrogen and oxygen atoms in total. The standard InChI is InChI=1S/C29H22F6N4O4/c30-27(29(33,34)35,17-5-11-23(40)21(13-17)38-25(42)15-1-7-19(36)8-2-15)28(31,32)18-6-12-24(41)22(14-18)39-26(43)16-3-9-20(37)10-4-16/h1-14,40-41H,36-37H2,(H,38,42)(H,39,43).